The van der Waals surface area contributed by atoms with Crippen LogP contribution in [0.5, 0.6) is 0 Å². The zero-order valence-electron chi connectivity index (χ0n) is 9.75. The maximum atomic E-state index is 5.42. The van der Waals surface area contributed by atoms with E-state index in [1.165, 1.54) is 35.2 Å². The van der Waals surface area contributed by atoms with Crippen LogP contribution in [0.1, 0.15) is 29.7 Å². The number of hydrogen-bond acceptors (Lipinski definition) is 3. The van der Waals surface area contributed by atoms with Gasteiger partial charge in [0.2, 0.25) is 0 Å². The van der Waals surface area contributed by atoms with E-state index in [1.54, 1.807) is 11.3 Å². The second kappa shape index (κ2) is 4.35. The monoisotopic (exact) mass is 262 g/mol. The molecule has 1 N–H and O–H groups in total. The summed E-state index contributed by atoms with van der Waals surface area (Å²) in [6.45, 7) is 2.11. The number of aryl methyl sites for hydroxylation is 2. The number of aromatic nitrogens is 2. The second-order valence-corrected chi connectivity index (χ2v) is 5.65. The van der Waals surface area contributed by atoms with Crippen molar-refractivity contribution in [1.29, 1.82) is 0 Å². The summed E-state index contributed by atoms with van der Waals surface area (Å²) >= 11 is 7.13. The standard InChI is InChI=1S/C13H14N2S2/c1-8-6-17-7-10(8)12-14-11-5-3-2-4-9(11)13(16)15-12/h6-7H,2-5H2,1H3,(H,14,15,16). The van der Waals surface area contributed by atoms with E-state index >= 15 is 0 Å². The van der Waals surface area contributed by atoms with Crippen LogP contribution < -0.4 is 0 Å². The number of thiophene rings is 1. The van der Waals surface area contributed by atoms with Gasteiger partial charge in [0.05, 0.1) is 0 Å². The highest BCUT2D eigenvalue weighted by Gasteiger charge is 2.14. The highest BCUT2D eigenvalue weighted by molar-refractivity contribution is 7.71. The number of nitrogens with zero attached hydrogens (tertiary/aromatic N) is 1. The molecule has 2 aromatic heterocycles. The van der Waals surface area contributed by atoms with Crippen molar-refractivity contribution < 1.29 is 0 Å². The van der Waals surface area contributed by atoms with Gasteiger partial charge in [0, 0.05) is 22.2 Å². The number of nitrogens with one attached hydrogen (secondary N) is 1. The molecule has 0 atom stereocenters. The summed E-state index contributed by atoms with van der Waals surface area (Å²) in [6, 6.07) is 0. The van der Waals surface area contributed by atoms with Crippen LogP contribution in [-0.2, 0) is 12.8 Å². The largest absolute Gasteiger partial charge is 0.343 e. The topological polar surface area (TPSA) is 28.7 Å². The van der Waals surface area contributed by atoms with E-state index in [9.17, 15) is 0 Å². The van der Waals surface area contributed by atoms with Crippen molar-refractivity contribution in [2.24, 2.45) is 0 Å². The maximum absolute atomic E-state index is 5.42. The Morgan fingerprint density at radius 2 is 2.12 bits per heavy atom. The summed E-state index contributed by atoms with van der Waals surface area (Å²) in [5.41, 5.74) is 5.03. The summed E-state index contributed by atoms with van der Waals surface area (Å²) in [4.78, 5) is 8.03. The third-order valence-corrected chi connectivity index (χ3v) is 4.52. The lowest BCUT2D eigenvalue weighted by Gasteiger charge is -2.16. The number of hydrogen-bond donors (Lipinski definition) is 1. The minimum atomic E-state index is 0.791. The predicted octanol–water partition coefficient (Wildman–Crippen LogP) is 4.05. The fourth-order valence-corrected chi connectivity index (χ4v) is 3.50. The summed E-state index contributed by atoms with van der Waals surface area (Å²) < 4.78 is 0.791. The van der Waals surface area contributed by atoms with Crippen molar-refractivity contribution in [1.82, 2.24) is 9.97 Å². The molecule has 0 fully saturated rings. The molecule has 1 aliphatic carbocycles. The van der Waals surface area contributed by atoms with Crippen LogP contribution in [-0.4, -0.2) is 9.97 Å². The Balaban J connectivity index is 2.17. The SMILES string of the molecule is Cc1cscc1-c1nc(=S)c2c([nH]1)CCCC2. The van der Waals surface area contributed by atoms with E-state index in [0.717, 1.165) is 23.3 Å². The molecule has 88 valence electrons. The molecule has 0 unspecified atom stereocenters. The van der Waals surface area contributed by atoms with Crippen LogP contribution >= 0.6 is 23.6 Å². The van der Waals surface area contributed by atoms with Gasteiger partial charge >= 0.3 is 0 Å². The molecule has 0 bridgehead atoms. The number of aromatic amines is 1. The number of H-pyrrole nitrogens is 1. The first-order valence-electron chi connectivity index (χ1n) is 5.91. The van der Waals surface area contributed by atoms with Crippen LogP contribution in [0, 0.1) is 11.6 Å². The molecule has 2 nitrogen and oxygen atoms in total. The Hall–Kier alpha value is -1.00. The zero-order valence-corrected chi connectivity index (χ0v) is 11.4. The number of fused-ring (bicyclic) bond motifs is 1. The predicted molar refractivity (Wildman–Crippen MR) is 74.1 cm³/mol. The van der Waals surface area contributed by atoms with Crippen molar-refractivity contribution in [3.63, 3.8) is 0 Å². The Kier molecular flexibility index (Phi) is 2.84. The summed E-state index contributed by atoms with van der Waals surface area (Å²) in [7, 11) is 0. The number of rotatable bonds is 1. The van der Waals surface area contributed by atoms with Gasteiger partial charge in [-0.05, 0) is 43.6 Å². The lowest BCUT2D eigenvalue weighted by molar-refractivity contribution is 0.661. The maximum Gasteiger partial charge on any atom is 0.140 e. The molecule has 0 spiro atoms. The smallest absolute Gasteiger partial charge is 0.140 e. The molecule has 0 amide bonds. The molecule has 0 saturated heterocycles. The molecule has 0 saturated carbocycles. The van der Waals surface area contributed by atoms with Crippen molar-refractivity contribution in [3.05, 3.63) is 32.2 Å². The fraction of sp³-hybridized carbons (Fsp3) is 0.385. The van der Waals surface area contributed by atoms with Crippen LogP contribution in [0.3, 0.4) is 0 Å². The van der Waals surface area contributed by atoms with Crippen molar-refractivity contribution in [2.45, 2.75) is 32.6 Å². The van der Waals surface area contributed by atoms with Crippen molar-refractivity contribution in [3.8, 4) is 11.4 Å². The van der Waals surface area contributed by atoms with Gasteiger partial charge < -0.3 is 4.98 Å². The van der Waals surface area contributed by atoms with E-state index in [2.05, 4.69) is 27.7 Å². The first-order chi connectivity index (χ1) is 8.25. The lowest BCUT2D eigenvalue weighted by atomic mass is 9.97. The molecule has 3 rings (SSSR count). The van der Waals surface area contributed by atoms with E-state index in [-0.39, 0.29) is 0 Å². The van der Waals surface area contributed by atoms with Crippen molar-refractivity contribution >= 4 is 23.6 Å². The normalized spacial score (nSPS) is 14.6. The summed E-state index contributed by atoms with van der Waals surface area (Å²) in [5.74, 6) is 0.939. The molecule has 2 heterocycles. The van der Waals surface area contributed by atoms with Gasteiger partial charge in [-0.25, -0.2) is 4.98 Å². The third-order valence-electron chi connectivity index (χ3n) is 3.32. The molecule has 17 heavy (non-hydrogen) atoms. The minimum Gasteiger partial charge on any atom is -0.343 e. The molecule has 0 radical (unpaired) electrons. The first kappa shape index (κ1) is 11.1. The molecule has 4 heteroatoms. The first-order valence-corrected chi connectivity index (χ1v) is 7.26. The Bertz CT molecular complexity index is 610. The quantitative estimate of drug-likeness (QED) is 0.785. The van der Waals surface area contributed by atoms with Crippen LogP contribution in [0.25, 0.3) is 11.4 Å². The highest BCUT2D eigenvalue weighted by Crippen LogP contribution is 2.27. The van der Waals surface area contributed by atoms with Gasteiger partial charge in [-0.2, -0.15) is 11.3 Å². The summed E-state index contributed by atoms with van der Waals surface area (Å²) in [5, 5.41) is 4.28. The Morgan fingerprint density at radius 3 is 2.88 bits per heavy atom. The van der Waals surface area contributed by atoms with E-state index < -0.39 is 0 Å². The van der Waals surface area contributed by atoms with Crippen LogP contribution in [0.4, 0.5) is 0 Å². The van der Waals surface area contributed by atoms with E-state index in [1.807, 2.05) is 0 Å². The van der Waals surface area contributed by atoms with Gasteiger partial charge in [-0.3, -0.25) is 0 Å². The molecule has 0 aliphatic heterocycles. The summed E-state index contributed by atoms with van der Waals surface area (Å²) in [6.07, 6.45) is 4.69. The molecule has 2 aromatic rings. The minimum absolute atomic E-state index is 0.791. The van der Waals surface area contributed by atoms with E-state index in [4.69, 9.17) is 12.2 Å². The average Bonchev–Trinajstić information content (AvgIpc) is 2.75. The molecule has 0 aromatic carbocycles. The van der Waals surface area contributed by atoms with Crippen LogP contribution in [0.15, 0.2) is 10.8 Å². The fourth-order valence-electron chi connectivity index (χ4n) is 2.35. The lowest BCUT2D eigenvalue weighted by Crippen LogP contribution is -2.08. The Labute approximate surface area is 110 Å². The highest BCUT2D eigenvalue weighted by atomic mass is 32.1. The van der Waals surface area contributed by atoms with Crippen molar-refractivity contribution in [2.75, 3.05) is 0 Å². The molecular formula is C13H14N2S2. The average molecular weight is 262 g/mol. The second-order valence-electron chi connectivity index (χ2n) is 4.52. The van der Waals surface area contributed by atoms with Gasteiger partial charge in [0.1, 0.15) is 10.5 Å². The molecule has 1 aliphatic rings. The molecular weight excluding hydrogens is 248 g/mol. The van der Waals surface area contributed by atoms with Gasteiger partial charge in [0.15, 0.2) is 0 Å². The third kappa shape index (κ3) is 1.96. The van der Waals surface area contributed by atoms with Gasteiger partial charge in [-0.15, -0.1) is 0 Å². The van der Waals surface area contributed by atoms with E-state index in [0.29, 0.717) is 0 Å². The van der Waals surface area contributed by atoms with Gasteiger partial charge in [-0.1, -0.05) is 12.2 Å². The zero-order chi connectivity index (χ0) is 11.8. The Morgan fingerprint density at radius 1 is 1.29 bits per heavy atom. The van der Waals surface area contributed by atoms with Crippen LogP contribution in [0.2, 0.25) is 0 Å². The van der Waals surface area contributed by atoms with Gasteiger partial charge in [0.25, 0.3) is 0 Å².